The molecule has 3 atom stereocenters. The maximum Gasteiger partial charge on any atom is 0.313 e. The third kappa shape index (κ3) is 1.70. The molecule has 4 rings (SSSR count). The smallest absolute Gasteiger partial charge is 0.313 e. The van der Waals surface area contributed by atoms with Gasteiger partial charge in [-0.05, 0) is 22.8 Å². The molecule has 22 heavy (non-hydrogen) atoms. The van der Waals surface area contributed by atoms with Crippen LogP contribution in [0.4, 0.5) is 0 Å². The first-order valence-corrected chi connectivity index (χ1v) is 7.39. The van der Waals surface area contributed by atoms with Crippen LogP contribution >= 0.6 is 0 Å². The van der Waals surface area contributed by atoms with Gasteiger partial charge >= 0.3 is 11.9 Å². The minimum atomic E-state index is -0.713. The minimum absolute atomic E-state index is 0.0427. The van der Waals surface area contributed by atoms with Gasteiger partial charge in [0.15, 0.2) is 0 Å². The van der Waals surface area contributed by atoms with E-state index in [-0.39, 0.29) is 23.8 Å². The molecule has 0 spiro atoms. The molecule has 0 aromatic heterocycles. The Morgan fingerprint density at radius 2 is 2.05 bits per heavy atom. The van der Waals surface area contributed by atoms with Crippen molar-refractivity contribution in [3.05, 3.63) is 48.0 Å². The Morgan fingerprint density at radius 1 is 1.27 bits per heavy atom. The standard InChI is InChI=1S/C18H16O4/c1-21-16(19)15-14-10-22-17(20)18(14,15)9-11-6-7-12-4-2-3-5-13(12)8-11/h2-8,14-15H,9-10H2,1H3. The van der Waals surface area contributed by atoms with Gasteiger partial charge in [0, 0.05) is 5.92 Å². The third-order valence-electron chi connectivity index (χ3n) is 5.05. The minimum Gasteiger partial charge on any atom is -0.469 e. The van der Waals surface area contributed by atoms with Crippen LogP contribution in [0.15, 0.2) is 42.5 Å². The summed E-state index contributed by atoms with van der Waals surface area (Å²) in [4.78, 5) is 24.1. The van der Waals surface area contributed by atoms with Crippen molar-refractivity contribution in [1.82, 2.24) is 0 Å². The van der Waals surface area contributed by atoms with Crippen molar-refractivity contribution < 1.29 is 19.1 Å². The predicted octanol–water partition coefficient (Wildman–Crippen LogP) is 2.34. The molecular formula is C18H16O4. The zero-order chi connectivity index (χ0) is 15.3. The van der Waals surface area contributed by atoms with Crippen molar-refractivity contribution in [2.24, 2.45) is 17.3 Å². The summed E-state index contributed by atoms with van der Waals surface area (Å²) in [5.41, 5.74) is 0.337. The Labute approximate surface area is 128 Å². The lowest BCUT2D eigenvalue weighted by Gasteiger charge is -2.13. The zero-order valence-corrected chi connectivity index (χ0v) is 12.2. The van der Waals surface area contributed by atoms with Gasteiger partial charge in [-0.15, -0.1) is 0 Å². The van der Waals surface area contributed by atoms with Crippen molar-refractivity contribution >= 4 is 22.7 Å². The molecule has 2 aromatic carbocycles. The zero-order valence-electron chi connectivity index (χ0n) is 12.2. The molecule has 3 unspecified atom stereocenters. The molecule has 1 aliphatic carbocycles. The molecule has 2 aliphatic rings. The van der Waals surface area contributed by atoms with Crippen LogP contribution in [0, 0.1) is 17.3 Å². The summed E-state index contributed by atoms with van der Waals surface area (Å²) in [7, 11) is 1.37. The largest absolute Gasteiger partial charge is 0.469 e. The highest BCUT2D eigenvalue weighted by Gasteiger charge is 2.77. The molecule has 0 amide bonds. The Morgan fingerprint density at radius 3 is 2.82 bits per heavy atom. The summed E-state index contributed by atoms with van der Waals surface area (Å²) in [6.07, 6.45) is 0.529. The molecular weight excluding hydrogens is 280 g/mol. The fraction of sp³-hybridized carbons (Fsp3) is 0.333. The maximum absolute atomic E-state index is 12.2. The van der Waals surface area contributed by atoms with E-state index in [1.807, 2.05) is 30.3 Å². The van der Waals surface area contributed by atoms with Gasteiger partial charge in [0.1, 0.15) is 0 Å². The number of benzene rings is 2. The monoisotopic (exact) mass is 296 g/mol. The number of rotatable bonds is 3. The number of methoxy groups -OCH3 is 1. The van der Waals surface area contributed by atoms with Crippen LogP contribution in [0.2, 0.25) is 0 Å². The molecule has 1 aliphatic heterocycles. The topological polar surface area (TPSA) is 52.6 Å². The number of ether oxygens (including phenoxy) is 2. The van der Waals surface area contributed by atoms with Crippen molar-refractivity contribution in [1.29, 1.82) is 0 Å². The first-order valence-electron chi connectivity index (χ1n) is 7.39. The van der Waals surface area contributed by atoms with Crippen molar-refractivity contribution in [3.8, 4) is 0 Å². The van der Waals surface area contributed by atoms with E-state index in [0.29, 0.717) is 13.0 Å². The Hall–Kier alpha value is -2.36. The molecule has 4 nitrogen and oxygen atoms in total. The summed E-state index contributed by atoms with van der Waals surface area (Å²) >= 11 is 0. The van der Waals surface area contributed by atoms with Crippen molar-refractivity contribution in [2.75, 3.05) is 13.7 Å². The summed E-state index contributed by atoms with van der Waals surface area (Å²) in [5.74, 6) is -0.965. The highest BCUT2D eigenvalue weighted by Crippen LogP contribution is 2.65. The second-order valence-corrected chi connectivity index (χ2v) is 6.10. The van der Waals surface area contributed by atoms with Gasteiger partial charge in [0.05, 0.1) is 25.0 Å². The van der Waals surface area contributed by atoms with Crippen molar-refractivity contribution in [3.63, 3.8) is 0 Å². The Balaban J connectivity index is 1.68. The van der Waals surface area contributed by atoms with Gasteiger partial charge < -0.3 is 9.47 Å². The van der Waals surface area contributed by atoms with Crippen LogP contribution in [0.3, 0.4) is 0 Å². The summed E-state index contributed by atoms with van der Waals surface area (Å²) < 4.78 is 10.0. The molecule has 1 saturated heterocycles. The van der Waals surface area contributed by atoms with E-state index < -0.39 is 5.41 Å². The van der Waals surface area contributed by atoms with E-state index in [0.717, 1.165) is 16.3 Å². The van der Waals surface area contributed by atoms with Crippen LogP contribution < -0.4 is 0 Å². The predicted molar refractivity (Wildman–Crippen MR) is 80.0 cm³/mol. The van der Waals surface area contributed by atoms with E-state index >= 15 is 0 Å². The number of esters is 2. The van der Waals surface area contributed by atoms with E-state index in [4.69, 9.17) is 9.47 Å². The van der Waals surface area contributed by atoms with E-state index in [2.05, 4.69) is 12.1 Å². The molecule has 1 heterocycles. The first kappa shape index (κ1) is 13.3. The quantitative estimate of drug-likeness (QED) is 0.816. The average molecular weight is 296 g/mol. The molecule has 0 N–H and O–H groups in total. The summed E-state index contributed by atoms with van der Waals surface area (Å²) in [6, 6.07) is 14.2. The second-order valence-electron chi connectivity index (χ2n) is 6.10. The fourth-order valence-corrected chi connectivity index (χ4v) is 3.84. The van der Waals surface area contributed by atoms with Crippen molar-refractivity contribution in [2.45, 2.75) is 6.42 Å². The average Bonchev–Trinajstić information content (AvgIpc) is 3.08. The summed E-state index contributed by atoms with van der Waals surface area (Å²) in [5, 5.41) is 2.30. The van der Waals surface area contributed by atoms with Gasteiger partial charge in [-0.3, -0.25) is 9.59 Å². The lowest BCUT2D eigenvalue weighted by molar-refractivity contribution is -0.153. The van der Waals surface area contributed by atoms with E-state index in [1.165, 1.54) is 7.11 Å². The van der Waals surface area contributed by atoms with Gasteiger partial charge in [-0.2, -0.15) is 0 Å². The Bertz CT molecular complexity index is 782. The van der Waals surface area contributed by atoms with Gasteiger partial charge in [-0.1, -0.05) is 42.5 Å². The number of carbonyl (C=O) groups excluding carboxylic acids is 2. The molecule has 0 bridgehead atoms. The van der Waals surface area contributed by atoms with Gasteiger partial charge in [0.25, 0.3) is 0 Å². The molecule has 4 heteroatoms. The lowest BCUT2D eigenvalue weighted by atomic mass is 9.92. The van der Waals surface area contributed by atoms with Crippen LogP contribution in [-0.4, -0.2) is 25.7 Å². The number of hydrogen-bond acceptors (Lipinski definition) is 4. The van der Waals surface area contributed by atoms with Crippen LogP contribution in [0.1, 0.15) is 5.56 Å². The van der Waals surface area contributed by atoms with Crippen LogP contribution in [-0.2, 0) is 25.5 Å². The molecule has 1 saturated carbocycles. The first-order chi connectivity index (χ1) is 10.7. The molecule has 2 aromatic rings. The number of fused-ring (bicyclic) bond motifs is 2. The summed E-state index contributed by atoms with van der Waals surface area (Å²) in [6.45, 7) is 0.326. The van der Waals surface area contributed by atoms with Gasteiger partial charge in [0.2, 0.25) is 0 Å². The molecule has 2 fully saturated rings. The van der Waals surface area contributed by atoms with Crippen LogP contribution in [0.5, 0.6) is 0 Å². The fourth-order valence-electron chi connectivity index (χ4n) is 3.84. The third-order valence-corrected chi connectivity index (χ3v) is 5.05. The highest BCUT2D eigenvalue weighted by atomic mass is 16.6. The molecule has 112 valence electrons. The lowest BCUT2D eigenvalue weighted by Crippen LogP contribution is -2.24. The highest BCUT2D eigenvalue weighted by molar-refractivity contribution is 5.94. The number of cyclic esters (lactones) is 1. The SMILES string of the molecule is COC(=O)C1C2COC(=O)C21Cc1ccc2ccccc2c1. The number of hydrogen-bond donors (Lipinski definition) is 0. The van der Waals surface area contributed by atoms with Gasteiger partial charge in [-0.25, -0.2) is 0 Å². The molecule has 0 radical (unpaired) electrons. The van der Waals surface area contributed by atoms with E-state index in [9.17, 15) is 9.59 Å². The Kier molecular flexibility index (Phi) is 2.76. The normalized spacial score (nSPS) is 29.0. The van der Waals surface area contributed by atoms with Crippen LogP contribution in [0.25, 0.3) is 10.8 Å². The second kappa shape index (κ2) is 4.57. The maximum atomic E-state index is 12.2. The number of carbonyl (C=O) groups is 2. The van der Waals surface area contributed by atoms with E-state index in [1.54, 1.807) is 0 Å².